The molecular formula is C17H31N3O3. The highest BCUT2D eigenvalue weighted by atomic mass is 16.6. The first kappa shape index (κ1) is 18.0. The lowest BCUT2D eigenvalue weighted by atomic mass is 9.93. The molecule has 1 N–H and O–H groups in total. The molecule has 2 rings (SSSR count). The number of hydrogen-bond donors (Lipinski definition) is 1. The van der Waals surface area contributed by atoms with E-state index in [2.05, 4.69) is 5.32 Å². The van der Waals surface area contributed by atoms with Gasteiger partial charge in [-0.05, 0) is 59.5 Å². The maximum absolute atomic E-state index is 12.6. The lowest BCUT2D eigenvalue weighted by Gasteiger charge is -2.40. The summed E-state index contributed by atoms with van der Waals surface area (Å²) >= 11 is 0. The molecule has 6 heteroatoms. The van der Waals surface area contributed by atoms with E-state index in [-0.39, 0.29) is 18.0 Å². The lowest BCUT2D eigenvalue weighted by Crippen LogP contribution is -2.56. The molecule has 2 heterocycles. The highest BCUT2D eigenvalue weighted by Crippen LogP contribution is 2.20. The summed E-state index contributed by atoms with van der Waals surface area (Å²) in [6, 6.07) is 0.0467. The Morgan fingerprint density at radius 1 is 1.17 bits per heavy atom. The van der Waals surface area contributed by atoms with E-state index in [1.54, 1.807) is 4.90 Å². The Labute approximate surface area is 139 Å². The smallest absolute Gasteiger partial charge is 0.410 e. The molecule has 2 fully saturated rings. The zero-order chi connectivity index (χ0) is 17.0. The second kappa shape index (κ2) is 7.51. The minimum absolute atomic E-state index is 0.0467. The van der Waals surface area contributed by atoms with Gasteiger partial charge in [0.05, 0.1) is 0 Å². The molecule has 0 radical (unpaired) electrons. The van der Waals surface area contributed by atoms with E-state index in [1.165, 1.54) is 0 Å². The SMILES string of the molecule is CC1CN(C(=O)OC(C)(C)C)CCN1C(=O)CC1CCNCC1. The number of nitrogens with zero attached hydrogens (tertiary/aromatic N) is 2. The molecule has 0 aromatic heterocycles. The van der Waals surface area contributed by atoms with Gasteiger partial charge in [0.2, 0.25) is 5.91 Å². The van der Waals surface area contributed by atoms with E-state index in [0.717, 1.165) is 25.9 Å². The van der Waals surface area contributed by atoms with Crippen LogP contribution in [0.25, 0.3) is 0 Å². The largest absolute Gasteiger partial charge is 0.444 e. The summed E-state index contributed by atoms with van der Waals surface area (Å²) in [5.41, 5.74) is -0.484. The lowest BCUT2D eigenvalue weighted by molar-refractivity contribution is -0.136. The highest BCUT2D eigenvalue weighted by molar-refractivity contribution is 5.77. The van der Waals surface area contributed by atoms with Crippen molar-refractivity contribution in [1.29, 1.82) is 0 Å². The molecule has 1 unspecified atom stereocenters. The summed E-state index contributed by atoms with van der Waals surface area (Å²) in [6.07, 6.45) is 2.52. The van der Waals surface area contributed by atoms with Crippen molar-refractivity contribution >= 4 is 12.0 Å². The van der Waals surface area contributed by atoms with E-state index in [9.17, 15) is 9.59 Å². The van der Waals surface area contributed by atoms with Crippen LogP contribution < -0.4 is 5.32 Å². The molecule has 0 aromatic carbocycles. The van der Waals surface area contributed by atoms with Crippen molar-refractivity contribution < 1.29 is 14.3 Å². The molecule has 132 valence electrons. The third-order valence-electron chi connectivity index (χ3n) is 4.52. The Balaban J connectivity index is 1.83. The molecule has 0 saturated carbocycles. The summed E-state index contributed by atoms with van der Waals surface area (Å²) < 4.78 is 5.42. The molecule has 23 heavy (non-hydrogen) atoms. The molecule has 2 aliphatic heterocycles. The molecule has 0 aromatic rings. The second-order valence-electron chi connectivity index (χ2n) is 7.76. The number of carbonyl (C=O) groups excluding carboxylic acids is 2. The first-order valence-corrected chi connectivity index (χ1v) is 8.74. The quantitative estimate of drug-likeness (QED) is 0.841. The maximum atomic E-state index is 12.6. The number of piperazine rings is 1. The monoisotopic (exact) mass is 325 g/mol. The van der Waals surface area contributed by atoms with Gasteiger partial charge in [-0.15, -0.1) is 0 Å². The second-order valence-corrected chi connectivity index (χ2v) is 7.76. The standard InChI is InChI=1S/C17H31N3O3/c1-13-12-19(16(22)23-17(2,3)4)9-10-20(13)15(21)11-14-5-7-18-8-6-14/h13-14,18H,5-12H2,1-4H3. The van der Waals surface area contributed by atoms with Gasteiger partial charge in [-0.25, -0.2) is 4.79 Å². The minimum atomic E-state index is -0.484. The first-order valence-electron chi connectivity index (χ1n) is 8.74. The molecule has 2 saturated heterocycles. The fourth-order valence-corrected chi connectivity index (χ4v) is 3.27. The van der Waals surface area contributed by atoms with Crippen LogP contribution in [0, 0.1) is 5.92 Å². The summed E-state index contributed by atoms with van der Waals surface area (Å²) in [7, 11) is 0. The summed E-state index contributed by atoms with van der Waals surface area (Å²) in [5, 5.41) is 3.33. The predicted molar refractivity (Wildman–Crippen MR) is 89.2 cm³/mol. The van der Waals surface area contributed by atoms with Gasteiger partial charge < -0.3 is 19.9 Å². The van der Waals surface area contributed by atoms with Crippen molar-refractivity contribution in [2.75, 3.05) is 32.7 Å². The van der Waals surface area contributed by atoms with Crippen LogP contribution in [-0.2, 0) is 9.53 Å². The van der Waals surface area contributed by atoms with Gasteiger partial charge in [-0.1, -0.05) is 0 Å². The van der Waals surface area contributed by atoms with Crippen molar-refractivity contribution in [3.8, 4) is 0 Å². The van der Waals surface area contributed by atoms with Crippen LogP contribution in [0.4, 0.5) is 4.79 Å². The highest BCUT2D eigenvalue weighted by Gasteiger charge is 2.32. The van der Waals surface area contributed by atoms with Gasteiger partial charge in [0, 0.05) is 32.1 Å². The number of piperidine rings is 1. The fraction of sp³-hybridized carbons (Fsp3) is 0.882. The number of amides is 2. The maximum Gasteiger partial charge on any atom is 0.410 e. The van der Waals surface area contributed by atoms with Crippen LogP contribution in [0.1, 0.15) is 47.0 Å². The third-order valence-corrected chi connectivity index (χ3v) is 4.52. The van der Waals surface area contributed by atoms with Crippen LogP contribution in [0.15, 0.2) is 0 Å². The Bertz CT molecular complexity index is 427. The fourth-order valence-electron chi connectivity index (χ4n) is 3.27. The van der Waals surface area contributed by atoms with Gasteiger partial charge in [0.1, 0.15) is 5.60 Å². The zero-order valence-electron chi connectivity index (χ0n) is 14.9. The summed E-state index contributed by atoms with van der Waals surface area (Å²) in [4.78, 5) is 28.3. The van der Waals surface area contributed by atoms with E-state index in [0.29, 0.717) is 32.0 Å². The van der Waals surface area contributed by atoms with Crippen molar-refractivity contribution in [3.05, 3.63) is 0 Å². The van der Waals surface area contributed by atoms with Crippen molar-refractivity contribution in [3.63, 3.8) is 0 Å². The van der Waals surface area contributed by atoms with E-state index in [1.807, 2.05) is 32.6 Å². The number of rotatable bonds is 2. The third kappa shape index (κ3) is 5.37. The number of carbonyl (C=O) groups is 2. The minimum Gasteiger partial charge on any atom is -0.444 e. The molecule has 2 amide bonds. The van der Waals surface area contributed by atoms with Crippen molar-refractivity contribution in [2.24, 2.45) is 5.92 Å². The molecule has 1 atom stereocenters. The molecule has 2 aliphatic rings. The van der Waals surface area contributed by atoms with Crippen LogP contribution in [0.5, 0.6) is 0 Å². The van der Waals surface area contributed by atoms with Crippen LogP contribution in [-0.4, -0.2) is 66.2 Å². The number of nitrogens with one attached hydrogen (secondary N) is 1. The van der Waals surface area contributed by atoms with Crippen molar-refractivity contribution in [2.45, 2.75) is 58.6 Å². The van der Waals surface area contributed by atoms with E-state index >= 15 is 0 Å². The Hall–Kier alpha value is -1.30. The average Bonchev–Trinajstić information content (AvgIpc) is 2.46. The average molecular weight is 325 g/mol. The van der Waals surface area contributed by atoms with Gasteiger partial charge in [0.15, 0.2) is 0 Å². The van der Waals surface area contributed by atoms with Gasteiger partial charge >= 0.3 is 6.09 Å². The summed E-state index contributed by atoms with van der Waals surface area (Å²) in [6.45, 7) is 11.3. The Kier molecular flexibility index (Phi) is 5.89. The van der Waals surface area contributed by atoms with Crippen molar-refractivity contribution in [1.82, 2.24) is 15.1 Å². The number of hydrogen-bond acceptors (Lipinski definition) is 4. The van der Waals surface area contributed by atoms with Gasteiger partial charge in [-0.3, -0.25) is 4.79 Å². The van der Waals surface area contributed by atoms with E-state index < -0.39 is 5.60 Å². The zero-order valence-corrected chi connectivity index (χ0v) is 14.9. The van der Waals surface area contributed by atoms with E-state index in [4.69, 9.17) is 4.74 Å². The normalized spacial score (nSPS) is 23.7. The Morgan fingerprint density at radius 2 is 1.83 bits per heavy atom. The molecule has 6 nitrogen and oxygen atoms in total. The molecule has 0 bridgehead atoms. The van der Waals surface area contributed by atoms with Gasteiger partial charge in [0.25, 0.3) is 0 Å². The Morgan fingerprint density at radius 3 is 2.39 bits per heavy atom. The van der Waals surface area contributed by atoms with Crippen LogP contribution in [0.3, 0.4) is 0 Å². The summed E-state index contributed by atoms with van der Waals surface area (Å²) in [5.74, 6) is 0.730. The van der Waals surface area contributed by atoms with Gasteiger partial charge in [-0.2, -0.15) is 0 Å². The first-order chi connectivity index (χ1) is 10.8. The predicted octanol–water partition coefficient (Wildman–Crippen LogP) is 1.84. The topological polar surface area (TPSA) is 61.9 Å². The van der Waals surface area contributed by atoms with Crippen LogP contribution >= 0.6 is 0 Å². The number of ether oxygens (including phenoxy) is 1. The molecular weight excluding hydrogens is 294 g/mol. The molecule has 0 spiro atoms. The molecule has 0 aliphatic carbocycles. The van der Waals surface area contributed by atoms with Crippen LogP contribution in [0.2, 0.25) is 0 Å².